The van der Waals surface area contributed by atoms with Crippen molar-refractivity contribution in [3.05, 3.63) is 58.3 Å². The number of benzene rings is 2. The van der Waals surface area contributed by atoms with Gasteiger partial charge in [0.05, 0.1) is 5.02 Å². The number of hydrogen-bond acceptors (Lipinski definition) is 4. The Hall–Kier alpha value is -1.47. The van der Waals surface area contributed by atoms with E-state index >= 15 is 0 Å². The summed E-state index contributed by atoms with van der Waals surface area (Å²) in [5.74, 6) is 0.280. The number of carbonyl (C=O) groups excluding carboxylic acids is 1. The molecular formula is C18H18Cl2FNO3S. The van der Waals surface area contributed by atoms with Crippen molar-refractivity contribution in [2.45, 2.75) is 17.4 Å². The van der Waals surface area contributed by atoms with E-state index < -0.39 is 6.10 Å². The van der Waals surface area contributed by atoms with E-state index in [9.17, 15) is 14.3 Å². The summed E-state index contributed by atoms with van der Waals surface area (Å²) in [7, 11) is 0. The van der Waals surface area contributed by atoms with Crippen molar-refractivity contribution in [2.75, 3.05) is 18.9 Å². The van der Waals surface area contributed by atoms with Crippen molar-refractivity contribution in [3.63, 3.8) is 0 Å². The Morgan fingerprint density at radius 1 is 1.23 bits per heavy atom. The van der Waals surface area contributed by atoms with E-state index in [4.69, 9.17) is 27.9 Å². The van der Waals surface area contributed by atoms with Crippen LogP contribution >= 0.6 is 35.0 Å². The molecule has 0 bridgehead atoms. The topological polar surface area (TPSA) is 58.6 Å². The van der Waals surface area contributed by atoms with Crippen LogP contribution in [0.3, 0.4) is 0 Å². The van der Waals surface area contributed by atoms with Crippen molar-refractivity contribution in [3.8, 4) is 5.75 Å². The van der Waals surface area contributed by atoms with Crippen LogP contribution in [-0.2, 0) is 4.79 Å². The van der Waals surface area contributed by atoms with Crippen LogP contribution in [0.2, 0.25) is 10.0 Å². The smallest absolute Gasteiger partial charge is 0.220 e. The number of aliphatic hydroxyl groups excluding tert-OH is 1. The summed E-state index contributed by atoms with van der Waals surface area (Å²) in [6, 6.07) is 11.4. The Labute approximate surface area is 165 Å². The van der Waals surface area contributed by atoms with Gasteiger partial charge in [-0.2, -0.15) is 0 Å². The third-order valence-electron chi connectivity index (χ3n) is 3.31. The molecule has 0 fully saturated rings. The molecule has 2 aromatic rings. The molecule has 0 heterocycles. The van der Waals surface area contributed by atoms with Crippen LogP contribution in [0, 0.1) is 5.82 Å². The Morgan fingerprint density at radius 2 is 2.00 bits per heavy atom. The van der Waals surface area contributed by atoms with Gasteiger partial charge < -0.3 is 15.2 Å². The fourth-order valence-corrected chi connectivity index (χ4v) is 3.21. The van der Waals surface area contributed by atoms with Crippen LogP contribution < -0.4 is 10.1 Å². The van der Waals surface area contributed by atoms with Gasteiger partial charge in [0.2, 0.25) is 5.91 Å². The predicted octanol–water partition coefficient (Wildman–Crippen LogP) is 4.17. The summed E-state index contributed by atoms with van der Waals surface area (Å²) in [5, 5.41) is 13.1. The molecule has 0 spiro atoms. The maximum atomic E-state index is 13.5. The van der Waals surface area contributed by atoms with Crippen molar-refractivity contribution < 1.29 is 19.0 Å². The van der Waals surface area contributed by atoms with E-state index in [0.29, 0.717) is 21.4 Å². The third-order valence-corrected chi connectivity index (χ3v) is 5.16. The molecule has 0 aliphatic carbocycles. The highest BCUT2D eigenvalue weighted by molar-refractivity contribution is 7.99. The molecule has 1 unspecified atom stereocenters. The lowest BCUT2D eigenvalue weighted by Gasteiger charge is -2.14. The van der Waals surface area contributed by atoms with Crippen LogP contribution in [0.5, 0.6) is 5.75 Å². The largest absolute Gasteiger partial charge is 0.489 e. The summed E-state index contributed by atoms with van der Waals surface area (Å²) < 4.78 is 18.9. The minimum Gasteiger partial charge on any atom is -0.489 e. The number of thioether (sulfide) groups is 1. The van der Waals surface area contributed by atoms with Gasteiger partial charge in [0.15, 0.2) is 0 Å². The molecule has 140 valence electrons. The normalized spacial score (nSPS) is 11.8. The lowest BCUT2D eigenvalue weighted by molar-refractivity contribution is -0.121. The first-order valence-corrected chi connectivity index (χ1v) is 9.60. The fourth-order valence-electron chi connectivity index (χ4n) is 1.98. The molecule has 1 amide bonds. The van der Waals surface area contributed by atoms with Gasteiger partial charge in [-0.15, -0.1) is 11.8 Å². The van der Waals surface area contributed by atoms with Crippen LogP contribution in [0.25, 0.3) is 0 Å². The molecule has 0 aliphatic rings. The Balaban J connectivity index is 1.65. The lowest BCUT2D eigenvalue weighted by atomic mass is 10.3. The van der Waals surface area contributed by atoms with Gasteiger partial charge >= 0.3 is 0 Å². The van der Waals surface area contributed by atoms with Gasteiger partial charge in [0.25, 0.3) is 0 Å². The fraction of sp³-hybridized carbons (Fsp3) is 0.278. The number of rotatable bonds is 9. The molecule has 0 saturated carbocycles. The van der Waals surface area contributed by atoms with E-state index in [2.05, 4.69) is 5.32 Å². The van der Waals surface area contributed by atoms with Crippen molar-refractivity contribution in [2.24, 2.45) is 0 Å². The Morgan fingerprint density at radius 3 is 2.77 bits per heavy atom. The highest BCUT2D eigenvalue weighted by atomic mass is 35.5. The van der Waals surface area contributed by atoms with Gasteiger partial charge in [-0.25, -0.2) is 4.39 Å². The molecule has 2 aromatic carbocycles. The number of nitrogens with one attached hydrogen (secondary N) is 1. The number of ether oxygens (including phenoxy) is 1. The monoisotopic (exact) mass is 417 g/mol. The number of halogens is 3. The first kappa shape index (κ1) is 20.8. The van der Waals surface area contributed by atoms with E-state index in [1.807, 2.05) is 0 Å². The number of amides is 1. The Bertz CT molecular complexity index is 748. The molecular weight excluding hydrogens is 400 g/mol. The molecule has 2 rings (SSSR count). The van der Waals surface area contributed by atoms with Gasteiger partial charge in [-0.3, -0.25) is 4.79 Å². The zero-order valence-corrected chi connectivity index (χ0v) is 16.1. The van der Waals surface area contributed by atoms with E-state index in [1.54, 1.807) is 36.4 Å². The predicted molar refractivity (Wildman–Crippen MR) is 103 cm³/mol. The van der Waals surface area contributed by atoms with Gasteiger partial charge in [0, 0.05) is 23.6 Å². The van der Waals surface area contributed by atoms with Crippen LogP contribution in [-0.4, -0.2) is 36.0 Å². The number of hydrogen-bond donors (Lipinski definition) is 2. The number of aliphatic hydroxyl groups is 1. The van der Waals surface area contributed by atoms with E-state index in [-0.39, 0.29) is 36.3 Å². The molecule has 0 aliphatic heterocycles. The van der Waals surface area contributed by atoms with Crippen LogP contribution in [0.1, 0.15) is 6.42 Å². The van der Waals surface area contributed by atoms with Gasteiger partial charge in [0.1, 0.15) is 29.3 Å². The summed E-state index contributed by atoms with van der Waals surface area (Å²) in [6.07, 6.45) is -0.680. The van der Waals surface area contributed by atoms with Crippen LogP contribution in [0.4, 0.5) is 4.39 Å². The standard InChI is InChI=1S/C18H18Cl2FNO3S/c19-13-4-3-6-15(18(13)20)25-11-12(23)10-22-17(24)8-9-26-16-7-2-1-5-14(16)21/h1-7,12,23H,8-11H2,(H,22,24). The molecule has 8 heteroatoms. The summed E-state index contributed by atoms with van der Waals surface area (Å²) in [6.45, 7) is 0.00566. The average molecular weight is 418 g/mol. The maximum absolute atomic E-state index is 13.5. The molecule has 0 radical (unpaired) electrons. The second-order valence-corrected chi connectivity index (χ2v) is 7.27. The van der Waals surface area contributed by atoms with Crippen molar-refractivity contribution in [1.29, 1.82) is 0 Å². The highest BCUT2D eigenvalue weighted by Crippen LogP contribution is 2.31. The van der Waals surface area contributed by atoms with Crippen LogP contribution in [0.15, 0.2) is 47.4 Å². The molecule has 0 saturated heterocycles. The second-order valence-electron chi connectivity index (χ2n) is 5.35. The third kappa shape index (κ3) is 6.68. The van der Waals surface area contributed by atoms with E-state index in [0.717, 1.165) is 0 Å². The van der Waals surface area contributed by atoms with Gasteiger partial charge in [-0.05, 0) is 24.3 Å². The van der Waals surface area contributed by atoms with Crippen molar-refractivity contribution >= 4 is 40.9 Å². The SMILES string of the molecule is O=C(CCSc1ccccc1F)NCC(O)COc1cccc(Cl)c1Cl. The molecule has 0 aromatic heterocycles. The van der Waals surface area contributed by atoms with Gasteiger partial charge in [-0.1, -0.05) is 41.4 Å². The first-order chi connectivity index (χ1) is 12.5. The minimum absolute atomic E-state index is 0.0374. The first-order valence-electron chi connectivity index (χ1n) is 7.86. The molecule has 1 atom stereocenters. The Kier molecular flexibility index (Phi) is 8.51. The summed E-state index contributed by atoms with van der Waals surface area (Å²) in [4.78, 5) is 12.3. The second kappa shape index (κ2) is 10.6. The lowest BCUT2D eigenvalue weighted by Crippen LogP contribution is -2.35. The maximum Gasteiger partial charge on any atom is 0.220 e. The quantitative estimate of drug-likeness (QED) is 0.601. The zero-order valence-electron chi connectivity index (χ0n) is 13.8. The van der Waals surface area contributed by atoms with E-state index in [1.165, 1.54) is 17.8 Å². The van der Waals surface area contributed by atoms with Crippen molar-refractivity contribution in [1.82, 2.24) is 5.32 Å². The molecule has 4 nitrogen and oxygen atoms in total. The highest BCUT2D eigenvalue weighted by Gasteiger charge is 2.11. The summed E-state index contributed by atoms with van der Waals surface area (Å²) >= 11 is 13.1. The minimum atomic E-state index is -0.895. The summed E-state index contributed by atoms with van der Waals surface area (Å²) in [5.41, 5.74) is 0. The number of carbonyl (C=O) groups is 1. The zero-order chi connectivity index (χ0) is 18.9. The average Bonchev–Trinajstić information content (AvgIpc) is 2.63. The molecule has 26 heavy (non-hydrogen) atoms. The molecule has 2 N–H and O–H groups in total.